The maximum atomic E-state index is 9.70. The van der Waals surface area contributed by atoms with Crippen molar-refractivity contribution in [3.63, 3.8) is 0 Å². The van der Waals surface area contributed by atoms with Gasteiger partial charge in [-0.15, -0.1) is 0 Å². The number of phenolic OH excluding ortho intramolecular Hbond substituents is 1. The van der Waals surface area contributed by atoms with Crippen LogP contribution in [0.1, 0.15) is 31.9 Å². The second kappa shape index (κ2) is 7.36. The van der Waals surface area contributed by atoms with Gasteiger partial charge in [-0.2, -0.15) is 14.9 Å². The lowest BCUT2D eigenvalue weighted by molar-refractivity contribution is 0.373. The van der Waals surface area contributed by atoms with Gasteiger partial charge in [0.1, 0.15) is 0 Å². The van der Waals surface area contributed by atoms with Gasteiger partial charge in [-0.1, -0.05) is 45.0 Å². The molecule has 1 heterocycles. The lowest BCUT2D eigenvalue weighted by Gasteiger charge is -2.18. The number of hydrogen-bond acceptors (Lipinski definition) is 5. The van der Waals surface area contributed by atoms with E-state index in [1.54, 1.807) is 29.1 Å². The lowest BCUT2D eigenvalue weighted by atomic mass is 9.87. The minimum Gasteiger partial charge on any atom is -0.504 e. The van der Waals surface area contributed by atoms with Crippen molar-refractivity contribution < 1.29 is 9.84 Å². The van der Waals surface area contributed by atoms with Crippen LogP contribution in [0.2, 0.25) is 0 Å². The fraction of sp³-hybridized carbons (Fsp3) is 0.250. The number of phenols is 1. The highest BCUT2D eigenvalue weighted by Gasteiger charge is 2.14. The third-order valence-corrected chi connectivity index (χ3v) is 4.45. The first kappa shape index (κ1) is 18.8. The summed E-state index contributed by atoms with van der Waals surface area (Å²) in [4.78, 5) is 0. The van der Waals surface area contributed by atoms with Gasteiger partial charge >= 0.3 is 0 Å². The molecule has 7 heteroatoms. The van der Waals surface area contributed by atoms with Crippen molar-refractivity contribution in [2.45, 2.75) is 26.2 Å². The summed E-state index contributed by atoms with van der Waals surface area (Å²) in [6.45, 7) is 6.52. The lowest BCUT2D eigenvalue weighted by Crippen LogP contribution is -2.10. The molecule has 0 bridgehead atoms. The van der Waals surface area contributed by atoms with Crippen molar-refractivity contribution in [1.82, 2.24) is 14.9 Å². The van der Waals surface area contributed by atoms with Gasteiger partial charge in [-0.25, -0.2) is 5.10 Å². The van der Waals surface area contributed by atoms with Crippen LogP contribution in [0, 0.1) is 4.77 Å². The Morgan fingerprint density at radius 1 is 1.19 bits per heavy atom. The van der Waals surface area contributed by atoms with Crippen LogP contribution in [0.5, 0.6) is 11.5 Å². The fourth-order valence-electron chi connectivity index (χ4n) is 2.60. The van der Waals surface area contributed by atoms with Crippen molar-refractivity contribution >= 4 is 18.4 Å². The van der Waals surface area contributed by atoms with Crippen LogP contribution in [0.4, 0.5) is 0 Å². The zero-order chi connectivity index (χ0) is 19.6. The number of rotatable bonds is 4. The average Bonchev–Trinajstić information content (AvgIpc) is 3.01. The standard InChI is InChI=1S/C20H22N4O2S/c1-20(2,3)15-8-6-14(7-9-15)18-22-23-19(27)24(18)21-12-13-5-10-16(25)17(11-13)26-4/h5-12,25H,1-4H3,(H,23,27)/b21-12+. The highest BCUT2D eigenvalue weighted by Crippen LogP contribution is 2.27. The van der Waals surface area contributed by atoms with Crippen LogP contribution in [0.3, 0.4) is 0 Å². The van der Waals surface area contributed by atoms with Gasteiger partial charge in [0.2, 0.25) is 4.77 Å². The largest absolute Gasteiger partial charge is 0.504 e. The molecule has 0 spiro atoms. The van der Waals surface area contributed by atoms with Gasteiger partial charge in [-0.3, -0.25) is 0 Å². The average molecular weight is 382 g/mol. The normalized spacial score (nSPS) is 11.9. The topological polar surface area (TPSA) is 75.4 Å². The van der Waals surface area contributed by atoms with E-state index >= 15 is 0 Å². The molecular formula is C20H22N4O2S. The minimum absolute atomic E-state index is 0.0780. The Morgan fingerprint density at radius 2 is 1.89 bits per heavy atom. The summed E-state index contributed by atoms with van der Waals surface area (Å²) in [5.74, 6) is 1.09. The molecule has 0 saturated heterocycles. The monoisotopic (exact) mass is 382 g/mol. The second-order valence-corrected chi connectivity index (χ2v) is 7.55. The van der Waals surface area contributed by atoms with Crippen LogP contribution in [0.15, 0.2) is 47.6 Å². The van der Waals surface area contributed by atoms with Gasteiger partial charge in [-0.05, 0) is 47.0 Å². The number of ether oxygens (including phenoxy) is 1. The molecule has 0 aliphatic rings. The smallest absolute Gasteiger partial charge is 0.216 e. The Kier molecular flexibility index (Phi) is 5.14. The van der Waals surface area contributed by atoms with Crippen LogP contribution < -0.4 is 4.74 Å². The van der Waals surface area contributed by atoms with Crippen LogP contribution in [0.25, 0.3) is 11.4 Å². The van der Waals surface area contributed by atoms with E-state index in [2.05, 4.69) is 48.2 Å². The van der Waals surface area contributed by atoms with Crippen molar-refractivity contribution in [2.24, 2.45) is 5.10 Å². The van der Waals surface area contributed by atoms with E-state index in [0.717, 1.165) is 11.1 Å². The summed E-state index contributed by atoms with van der Waals surface area (Å²) in [5, 5.41) is 21.2. The molecule has 3 rings (SSSR count). The highest BCUT2D eigenvalue weighted by atomic mass is 32.1. The summed E-state index contributed by atoms with van der Waals surface area (Å²) >= 11 is 5.31. The molecule has 0 fully saturated rings. The van der Waals surface area contributed by atoms with E-state index in [4.69, 9.17) is 17.0 Å². The molecule has 0 atom stereocenters. The number of nitrogens with zero attached hydrogens (tertiary/aromatic N) is 3. The fourth-order valence-corrected chi connectivity index (χ4v) is 2.78. The quantitative estimate of drug-likeness (QED) is 0.514. The van der Waals surface area contributed by atoms with E-state index < -0.39 is 0 Å². The molecule has 140 valence electrons. The number of H-pyrrole nitrogens is 1. The van der Waals surface area contributed by atoms with Crippen LogP contribution in [-0.2, 0) is 5.41 Å². The third kappa shape index (κ3) is 4.09. The first-order chi connectivity index (χ1) is 12.8. The van der Waals surface area contributed by atoms with Gasteiger partial charge < -0.3 is 9.84 Å². The molecule has 0 saturated carbocycles. The van der Waals surface area contributed by atoms with Crippen molar-refractivity contribution in [2.75, 3.05) is 7.11 Å². The number of aromatic nitrogens is 3. The number of benzene rings is 2. The van der Waals surface area contributed by atoms with Crippen molar-refractivity contribution in [3.8, 4) is 22.9 Å². The summed E-state index contributed by atoms with van der Waals surface area (Å²) in [7, 11) is 1.50. The third-order valence-electron chi connectivity index (χ3n) is 4.19. The highest BCUT2D eigenvalue weighted by molar-refractivity contribution is 7.71. The first-order valence-corrected chi connectivity index (χ1v) is 8.90. The zero-order valence-electron chi connectivity index (χ0n) is 15.7. The zero-order valence-corrected chi connectivity index (χ0v) is 16.5. The molecule has 2 aromatic carbocycles. The molecular weight excluding hydrogens is 360 g/mol. The van der Waals surface area contributed by atoms with E-state index in [1.165, 1.54) is 12.7 Å². The van der Waals surface area contributed by atoms with E-state index in [1.807, 2.05) is 12.1 Å². The summed E-state index contributed by atoms with van der Waals surface area (Å²) in [6, 6.07) is 13.2. The maximum absolute atomic E-state index is 9.70. The van der Waals surface area contributed by atoms with Gasteiger partial charge in [0.15, 0.2) is 17.3 Å². The predicted molar refractivity (Wildman–Crippen MR) is 109 cm³/mol. The Labute approximate surface area is 163 Å². The van der Waals surface area contributed by atoms with Crippen LogP contribution in [-0.4, -0.2) is 33.3 Å². The van der Waals surface area contributed by atoms with E-state index in [9.17, 15) is 5.11 Å². The molecule has 6 nitrogen and oxygen atoms in total. The molecule has 27 heavy (non-hydrogen) atoms. The van der Waals surface area contributed by atoms with Crippen molar-refractivity contribution in [1.29, 1.82) is 0 Å². The molecule has 0 amide bonds. The Balaban J connectivity index is 1.94. The number of aromatic amines is 1. The summed E-state index contributed by atoms with van der Waals surface area (Å²) in [6.07, 6.45) is 1.64. The number of methoxy groups -OCH3 is 1. The SMILES string of the molecule is COc1cc(/C=N/n2c(-c3ccc(C(C)(C)C)cc3)n[nH]c2=S)ccc1O. The van der Waals surface area contributed by atoms with E-state index in [0.29, 0.717) is 16.3 Å². The molecule has 0 aliphatic carbocycles. The maximum Gasteiger partial charge on any atom is 0.216 e. The Hall–Kier alpha value is -2.93. The van der Waals surface area contributed by atoms with Gasteiger partial charge in [0, 0.05) is 5.56 Å². The Bertz CT molecular complexity index is 1030. The number of hydrogen-bond donors (Lipinski definition) is 2. The molecule has 3 aromatic rings. The molecule has 1 aromatic heterocycles. The van der Waals surface area contributed by atoms with Gasteiger partial charge in [0.05, 0.1) is 13.3 Å². The van der Waals surface area contributed by atoms with E-state index in [-0.39, 0.29) is 11.2 Å². The molecule has 2 N–H and O–H groups in total. The van der Waals surface area contributed by atoms with Crippen LogP contribution >= 0.6 is 12.2 Å². The minimum atomic E-state index is 0.0780. The number of aromatic hydroxyl groups is 1. The molecule has 0 unspecified atom stereocenters. The number of nitrogens with one attached hydrogen (secondary N) is 1. The summed E-state index contributed by atoms with van der Waals surface area (Å²) < 4.78 is 7.09. The second-order valence-electron chi connectivity index (χ2n) is 7.17. The van der Waals surface area contributed by atoms with Gasteiger partial charge in [0.25, 0.3) is 0 Å². The molecule has 0 radical (unpaired) electrons. The molecule has 0 aliphatic heterocycles. The Morgan fingerprint density at radius 3 is 2.52 bits per heavy atom. The predicted octanol–water partition coefficient (Wildman–Crippen LogP) is 4.50. The summed E-state index contributed by atoms with van der Waals surface area (Å²) in [5.41, 5.74) is 3.00. The van der Waals surface area contributed by atoms with Crippen molar-refractivity contribution in [3.05, 3.63) is 58.4 Å². The first-order valence-electron chi connectivity index (χ1n) is 8.49.